The molecule has 0 atom stereocenters. The van der Waals surface area contributed by atoms with Crippen LogP contribution in [0.5, 0.6) is 0 Å². The SMILES string of the molecule is CCn1ncc(Cl)c1C(=O)NC(=S)Nc1ccc(C)cc1Br. The molecule has 2 N–H and O–H groups in total. The Balaban J connectivity index is 2.08. The number of nitrogens with zero attached hydrogens (tertiary/aromatic N) is 2. The minimum Gasteiger partial charge on any atom is -0.331 e. The number of anilines is 1. The Morgan fingerprint density at radius 2 is 2.23 bits per heavy atom. The molecule has 22 heavy (non-hydrogen) atoms. The molecule has 1 aromatic carbocycles. The highest BCUT2D eigenvalue weighted by atomic mass is 79.9. The molecular formula is C14H14BrClN4OS. The van der Waals surface area contributed by atoms with E-state index >= 15 is 0 Å². The summed E-state index contributed by atoms with van der Waals surface area (Å²) in [6, 6.07) is 5.78. The highest BCUT2D eigenvalue weighted by Crippen LogP contribution is 2.23. The maximum Gasteiger partial charge on any atom is 0.277 e. The van der Waals surface area contributed by atoms with Crippen molar-refractivity contribution in [1.29, 1.82) is 0 Å². The number of hydrogen-bond acceptors (Lipinski definition) is 3. The summed E-state index contributed by atoms with van der Waals surface area (Å²) in [4.78, 5) is 12.3. The lowest BCUT2D eigenvalue weighted by Gasteiger charge is -2.12. The Bertz CT molecular complexity index is 732. The van der Waals surface area contributed by atoms with Crippen LogP contribution >= 0.6 is 39.7 Å². The van der Waals surface area contributed by atoms with Crippen molar-refractivity contribution in [3.8, 4) is 0 Å². The zero-order valence-electron chi connectivity index (χ0n) is 12.0. The van der Waals surface area contributed by atoms with Crippen molar-refractivity contribution in [2.24, 2.45) is 0 Å². The van der Waals surface area contributed by atoms with Gasteiger partial charge in [0.2, 0.25) is 0 Å². The first-order chi connectivity index (χ1) is 10.4. The summed E-state index contributed by atoms with van der Waals surface area (Å²) in [5, 5.41) is 10.1. The van der Waals surface area contributed by atoms with Gasteiger partial charge >= 0.3 is 0 Å². The summed E-state index contributed by atoms with van der Waals surface area (Å²) in [5.74, 6) is -0.398. The smallest absolute Gasteiger partial charge is 0.277 e. The number of carbonyl (C=O) groups excluding carboxylic acids is 1. The number of amides is 1. The molecule has 0 radical (unpaired) electrons. The number of rotatable bonds is 3. The van der Waals surface area contributed by atoms with E-state index < -0.39 is 5.91 Å². The van der Waals surface area contributed by atoms with Gasteiger partial charge in [-0.2, -0.15) is 5.10 Å². The first-order valence-corrected chi connectivity index (χ1v) is 8.10. The van der Waals surface area contributed by atoms with E-state index in [0.717, 1.165) is 15.7 Å². The zero-order chi connectivity index (χ0) is 16.3. The lowest BCUT2D eigenvalue weighted by Crippen LogP contribution is -2.35. The average Bonchev–Trinajstić information content (AvgIpc) is 2.83. The third-order valence-electron chi connectivity index (χ3n) is 2.91. The van der Waals surface area contributed by atoms with Crippen molar-refractivity contribution in [2.45, 2.75) is 20.4 Å². The highest BCUT2D eigenvalue weighted by molar-refractivity contribution is 9.10. The second-order valence-corrected chi connectivity index (χ2v) is 6.22. The fraction of sp³-hybridized carbons (Fsp3) is 0.214. The van der Waals surface area contributed by atoms with Gasteiger partial charge in [-0.15, -0.1) is 0 Å². The van der Waals surface area contributed by atoms with Gasteiger partial charge in [0.15, 0.2) is 5.11 Å². The number of aryl methyl sites for hydroxylation is 2. The number of benzene rings is 1. The van der Waals surface area contributed by atoms with Crippen molar-refractivity contribution in [1.82, 2.24) is 15.1 Å². The second kappa shape index (κ2) is 7.21. The topological polar surface area (TPSA) is 59.0 Å². The molecule has 0 aliphatic heterocycles. The summed E-state index contributed by atoms with van der Waals surface area (Å²) >= 11 is 14.6. The molecule has 0 aliphatic rings. The maximum atomic E-state index is 12.3. The molecule has 0 fully saturated rings. The molecule has 0 bridgehead atoms. The van der Waals surface area contributed by atoms with Crippen molar-refractivity contribution in [2.75, 3.05) is 5.32 Å². The van der Waals surface area contributed by atoms with Gasteiger partial charge in [0.1, 0.15) is 5.69 Å². The summed E-state index contributed by atoms with van der Waals surface area (Å²) in [5.41, 5.74) is 2.17. The van der Waals surface area contributed by atoms with E-state index in [9.17, 15) is 4.79 Å². The lowest BCUT2D eigenvalue weighted by molar-refractivity contribution is 0.0967. The van der Waals surface area contributed by atoms with E-state index in [1.807, 2.05) is 32.0 Å². The first kappa shape index (κ1) is 16.9. The van der Waals surface area contributed by atoms with Crippen LogP contribution in [-0.4, -0.2) is 20.8 Å². The molecule has 2 aromatic rings. The van der Waals surface area contributed by atoms with Crippen LogP contribution in [0.25, 0.3) is 0 Å². The predicted octanol–water partition coefficient (Wildman–Crippen LogP) is 3.75. The van der Waals surface area contributed by atoms with Crippen LogP contribution in [0.3, 0.4) is 0 Å². The van der Waals surface area contributed by atoms with Gasteiger partial charge in [-0.05, 0) is 59.7 Å². The number of halogens is 2. The van der Waals surface area contributed by atoms with E-state index in [-0.39, 0.29) is 10.8 Å². The third kappa shape index (κ3) is 3.85. The van der Waals surface area contributed by atoms with Crippen LogP contribution in [0.2, 0.25) is 5.02 Å². The fourth-order valence-electron chi connectivity index (χ4n) is 1.87. The van der Waals surface area contributed by atoms with E-state index in [1.54, 1.807) is 0 Å². The standard InChI is InChI=1S/C14H14BrClN4OS/c1-3-20-12(10(16)7-17-20)13(21)19-14(22)18-11-5-4-8(2)6-9(11)15/h4-7H,3H2,1-2H3,(H2,18,19,21,22). The van der Waals surface area contributed by atoms with Gasteiger partial charge < -0.3 is 5.32 Å². The van der Waals surface area contributed by atoms with E-state index in [1.165, 1.54) is 10.9 Å². The average molecular weight is 402 g/mol. The Labute approximate surface area is 147 Å². The van der Waals surface area contributed by atoms with Gasteiger partial charge in [0.25, 0.3) is 5.91 Å². The molecule has 1 amide bonds. The highest BCUT2D eigenvalue weighted by Gasteiger charge is 2.18. The Hall–Kier alpha value is -1.44. The van der Waals surface area contributed by atoms with Crippen LogP contribution in [0.4, 0.5) is 5.69 Å². The van der Waals surface area contributed by atoms with Gasteiger partial charge in [-0.1, -0.05) is 17.7 Å². The van der Waals surface area contributed by atoms with Crippen LogP contribution in [-0.2, 0) is 6.54 Å². The van der Waals surface area contributed by atoms with Crippen molar-refractivity contribution >= 4 is 56.5 Å². The third-order valence-corrected chi connectivity index (χ3v) is 4.05. The summed E-state index contributed by atoms with van der Waals surface area (Å²) in [6.07, 6.45) is 1.44. The quantitative estimate of drug-likeness (QED) is 0.769. The minimum absolute atomic E-state index is 0.189. The first-order valence-electron chi connectivity index (χ1n) is 6.52. The minimum atomic E-state index is -0.398. The van der Waals surface area contributed by atoms with E-state index in [0.29, 0.717) is 11.6 Å². The van der Waals surface area contributed by atoms with E-state index in [4.69, 9.17) is 23.8 Å². The van der Waals surface area contributed by atoms with Crippen molar-refractivity contribution in [3.63, 3.8) is 0 Å². The largest absolute Gasteiger partial charge is 0.331 e. The number of thiocarbonyl (C=S) groups is 1. The molecule has 0 aliphatic carbocycles. The molecular weight excluding hydrogens is 388 g/mol. The Kier molecular flexibility index (Phi) is 5.55. The number of nitrogens with one attached hydrogen (secondary N) is 2. The normalized spacial score (nSPS) is 10.4. The van der Waals surface area contributed by atoms with Crippen molar-refractivity contribution in [3.05, 3.63) is 45.1 Å². The molecule has 5 nitrogen and oxygen atoms in total. The molecule has 2 rings (SSSR count). The Morgan fingerprint density at radius 1 is 1.50 bits per heavy atom. The molecule has 8 heteroatoms. The molecule has 1 heterocycles. The van der Waals surface area contributed by atoms with Gasteiger partial charge in [-0.25, -0.2) is 0 Å². The number of hydrogen-bond donors (Lipinski definition) is 2. The monoisotopic (exact) mass is 400 g/mol. The van der Waals surface area contributed by atoms with Gasteiger partial charge in [-0.3, -0.25) is 14.8 Å². The van der Waals surface area contributed by atoms with Gasteiger partial charge in [0.05, 0.1) is 16.9 Å². The summed E-state index contributed by atoms with van der Waals surface area (Å²) in [7, 11) is 0. The molecule has 0 unspecified atom stereocenters. The predicted molar refractivity (Wildman–Crippen MR) is 95.5 cm³/mol. The lowest BCUT2D eigenvalue weighted by atomic mass is 10.2. The van der Waals surface area contributed by atoms with Crippen LogP contribution in [0, 0.1) is 6.92 Å². The van der Waals surface area contributed by atoms with Crippen LogP contribution < -0.4 is 10.6 Å². The van der Waals surface area contributed by atoms with Crippen molar-refractivity contribution < 1.29 is 4.79 Å². The molecule has 0 saturated carbocycles. The molecule has 1 aromatic heterocycles. The Morgan fingerprint density at radius 3 is 2.86 bits per heavy atom. The second-order valence-electron chi connectivity index (χ2n) is 4.55. The molecule has 0 saturated heterocycles. The molecule has 0 spiro atoms. The maximum absolute atomic E-state index is 12.3. The number of carbonyl (C=O) groups is 1. The van der Waals surface area contributed by atoms with Crippen LogP contribution in [0.1, 0.15) is 23.0 Å². The fourth-order valence-corrected chi connectivity index (χ4v) is 2.89. The summed E-state index contributed by atoms with van der Waals surface area (Å²) in [6.45, 7) is 4.40. The van der Waals surface area contributed by atoms with Gasteiger partial charge in [0, 0.05) is 11.0 Å². The summed E-state index contributed by atoms with van der Waals surface area (Å²) < 4.78 is 2.38. The number of aromatic nitrogens is 2. The molecule has 116 valence electrons. The van der Waals surface area contributed by atoms with E-state index in [2.05, 4.69) is 31.7 Å². The zero-order valence-corrected chi connectivity index (χ0v) is 15.1. The van der Waals surface area contributed by atoms with Crippen LogP contribution in [0.15, 0.2) is 28.9 Å².